The molecule has 38 heavy (non-hydrogen) atoms. The molecular weight excluding hydrogens is 516 g/mol. The molecule has 2 N–H and O–H groups in total. The Hall–Kier alpha value is -3.10. The van der Waals surface area contributed by atoms with Crippen LogP contribution in [0.3, 0.4) is 0 Å². The van der Waals surface area contributed by atoms with Gasteiger partial charge in [0, 0.05) is 21.0 Å². The van der Waals surface area contributed by atoms with Gasteiger partial charge in [-0.1, -0.05) is 37.1 Å². The van der Waals surface area contributed by atoms with E-state index >= 15 is 0 Å². The van der Waals surface area contributed by atoms with Crippen LogP contribution in [0.4, 0.5) is 10.7 Å². The van der Waals surface area contributed by atoms with E-state index in [1.54, 1.807) is 19.1 Å². The van der Waals surface area contributed by atoms with E-state index in [1.807, 2.05) is 50.2 Å². The number of aryl methyl sites for hydroxylation is 2. The van der Waals surface area contributed by atoms with Gasteiger partial charge in [0.15, 0.2) is 0 Å². The highest BCUT2D eigenvalue weighted by molar-refractivity contribution is 8.00. The zero-order valence-electron chi connectivity index (χ0n) is 22.1. The quantitative estimate of drug-likeness (QED) is 0.166. The topological polar surface area (TPSA) is 84.5 Å². The minimum absolute atomic E-state index is 0.145. The van der Waals surface area contributed by atoms with Crippen LogP contribution in [-0.4, -0.2) is 29.6 Å². The van der Waals surface area contributed by atoms with E-state index in [0.717, 1.165) is 48.1 Å². The molecule has 0 bridgehead atoms. The molecule has 6 nitrogen and oxygen atoms in total. The predicted molar refractivity (Wildman–Crippen MR) is 156 cm³/mol. The van der Waals surface area contributed by atoms with Crippen LogP contribution >= 0.6 is 23.1 Å². The molecule has 0 aliphatic heterocycles. The van der Waals surface area contributed by atoms with E-state index < -0.39 is 0 Å². The summed E-state index contributed by atoms with van der Waals surface area (Å²) in [5.41, 5.74) is 3.92. The number of anilines is 2. The average molecular weight is 551 g/mol. The number of benzene rings is 2. The van der Waals surface area contributed by atoms with Crippen LogP contribution in [0.25, 0.3) is 0 Å². The van der Waals surface area contributed by atoms with Crippen molar-refractivity contribution in [2.75, 3.05) is 17.2 Å². The molecule has 1 aromatic heterocycles. The van der Waals surface area contributed by atoms with Crippen molar-refractivity contribution in [3.05, 3.63) is 75.7 Å². The molecule has 0 radical (unpaired) electrons. The number of hydrogen-bond donors (Lipinski definition) is 2. The molecule has 0 fully saturated rings. The van der Waals surface area contributed by atoms with Gasteiger partial charge in [-0.3, -0.25) is 9.59 Å². The molecule has 1 unspecified atom stereocenters. The fourth-order valence-electron chi connectivity index (χ4n) is 4.48. The summed E-state index contributed by atoms with van der Waals surface area (Å²) in [4.78, 5) is 41.0. The van der Waals surface area contributed by atoms with Crippen LogP contribution in [0, 0.1) is 6.92 Å². The monoisotopic (exact) mass is 550 g/mol. The number of rotatable bonds is 9. The summed E-state index contributed by atoms with van der Waals surface area (Å²) in [5.74, 6) is -0.686. The number of carbonyl (C=O) groups is 3. The van der Waals surface area contributed by atoms with Crippen molar-refractivity contribution >= 4 is 51.6 Å². The third-order valence-corrected chi connectivity index (χ3v) is 9.05. The number of hydrogen-bond acceptors (Lipinski definition) is 6. The lowest BCUT2D eigenvalue weighted by Crippen LogP contribution is -2.25. The Bertz CT molecular complexity index is 1300. The lowest BCUT2D eigenvalue weighted by atomic mass is 10.1. The van der Waals surface area contributed by atoms with Crippen LogP contribution in [-0.2, 0) is 22.4 Å². The number of nitrogens with one attached hydrogen (secondary N) is 2. The van der Waals surface area contributed by atoms with E-state index in [0.29, 0.717) is 34.8 Å². The zero-order valence-corrected chi connectivity index (χ0v) is 23.7. The van der Waals surface area contributed by atoms with Gasteiger partial charge in [0.05, 0.1) is 17.4 Å². The van der Waals surface area contributed by atoms with Crippen LogP contribution in [0.1, 0.15) is 76.3 Å². The highest BCUT2D eigenvalue weighted by Gasteiger charge is 2.28. The normalized spacial score (nSPS) is 13.7. The fraction of sp³-hybridized carbons (Fsp3) is 0.367. The Morgan fingerprint density at radius 2 is 1.76 bits per heavy atom. The van der Waals surface area contributed by atoms with Crippen molar-refractivity contribution in [2.45, 2.75) is 69.4 Å². The summed E-state index contributed by atoms with van der Waals surface area (Å²) in [6.07, 6.45) is 5.64. The van der Waals surface area contributed by atoms with Gasteiger partial charge >= 0.3 is 5.97 Å². The van der Waals surface area contributed by atoms with Gasteiger partial charge in [-0.2, -0.15) is 0 Å². The minimum Gasteiger partial charge on any atom is -0.462 e. The van der Waals surface area contributed by atoms with Gasteiger partial charge < -0.3 is 15.4 Å². The fourth-order valence-corrected chi connectivity index (χ4v) is 6.78. The lowest BCUT2D eigenvalue weighted by Gasteiger charge is -2.16. The Labute approximate surface area is 232 Å². The van der Waals surface area contributed by atoms with Crippen molar-refractivity contribution in [3.8, 4) is 0 Å². The maximum Gasteiger partial charge on any atom is 0.341 e. The maximum absolute atomic E-state index is 13.4. The molecule has 1 aliphatic rings. The highest BCUT2D eigenvalue weighted by atomic mass is 32.2. The summed E-state index contributed by atoms with van der Waals surface area (Å²) in [5, 5.41) is 6.23. The number of thioether (sulfide) groups is 1. The Kier molecular flexibility index (Phi) is 9.63. The van der Waals surface area contributed by atoms with E-state index in [2.05, 4.69) is 10.6 Å². The Morgan fingerprint density at radius 1 is 1.00 bits per heavy atom. The predicted octanol–water partition coefficient (Wildman–Crippen LogP) is 7.26. The van der Waals surface area contributed by atoms with Crippen LogP contribution in [0.5, 0.6) is 0 Å². The zero-order chi connectivity index (χ0) is 27.1. The molecule has 1 aliphatic carbocycles. The summed E-state index contributed by atoms with van der Waals surface area (Å²) in [6, 6.07) is 14.9. The van der Waals surface area contributed by atoms with Gasteiger partial charge in [0.1, 0.15) is 5.00 Å². The summed E-state index contributed by atoms with van der Waals surface area (Å²) < 4.78 is 5.36. The molecule has 4 rings (SSSR count). The molecule has 8 heteroatoms. The van der Waals surface area contributed by atoms with E-state index in [9.17, 15) is 14.4 Å². The standard InChI is InChI=1S/C30H34N2O4S2/c1-4-24(37-22-11-9-10-21(18-22)31-27(33)20-16-14-19(3)15-17-20)28(34)32-29-26(30(35)36-5-2)23-12-7-6-8-13-25(23)38-29/h9-11,14-18,24H,4-8,12-13H2,1-3H3,(H,31,33)(H,32,34). The second-order valence-electron chi connectivity index (χ2n) is 9.34. The molecule has 200 valence electrons. The van der Waals surface area contributed by atoms with Crippen molar-refractivity contribution in [3.63, 3.8) is 0 Å². The first-order valence-corrected chi connectivity index (χ1v) is 14.9. The number of carbonyl (C=O) groups excluding carboxylic acids is 3. The molecule has 0 spiro atoms. The highest BCUT2D eigenvalue weighted by Crippen LogP contribution is 2.39. The van der Waals surface area contributed by atoms with Gasteiger partial charge in [-0.25, -0.2) is 4.79 Å². The number of thiophene rings is 1. The molecule has 1 heterocycles. The summed E-state index contributed by atoms with van der Waals surface area (Å²) in [7, 11) is 0. The van der Waals surface area contributed by atoms with Crippen molar-refractivity contribution in [2.24, 2.45) is 0 Å². The Balaban J connectivity index is 1.48. The number of fused-ring (bicyclic) bond motifs is 1. The van der Waals surface area contributed by atoms with Crippen LogP contribution in [0.15, 0.2) is 53.4 Å². The first-order valence-electron chi connectivity index (χ1n) is 13.2. The number of ether oxygens (including phenoxy) is 1. The smallest absolute Gasteiger partial charge is 0.341 e. The van der Waals surface area contributed by atoms with Gasteiger partial charge in [0.25, 0.3) is 5.91 Å². The SMILES string of the molecule is CCOC(=O)c1c(NC(=O)C(CC)Sc2cccc(NC(=O)c3ccc(C)cc3)c2)sc2c1CCCCC2. The van der Waals surface area contributed by atoms with Gasteiger partial charge in [-0.05, 0) is 81.8 Å². The van der Waals surface area contributed by atoms with Crippen LogP contribution < -0.4 is 10.6 Å². The lowest BCUT2D eigenvalue weighted by molar-refractivity contribution is -0.115. The van der Waals surface area contributed by atoms with Crippen molar-refractivity contribution < 1.29 is 19.1 Å². The van der Waals surface area contributed by atoms with E-state index in [-0.39, 0.29) is 23.0 Å². The van der Waals surface area contributed by atoms with Crippen LogP contribution in [0.2, 0.25) is 0 Å². The molecule has 0 saturated heterocycles. The summed E-state index contributed by atoms with van der Waals surface area (Å²) in [6.45, 7) is 6.04. The largest absolute Gasteiger partial charge is 0.462 e. The molecule has 0 saturated carbocycles. The third-order valence-electron chi connectivity index (χ3n) is 6.48. The molecule has 1 atom stereocenters. The Morgan fingerprint density at radius 3 is 2.50 bits per heavy atom. The molecule has 3 aromatic rings. The van der Waals surface area contributed by atoms with E-state index in [1.165, 1.54) is 28.0 Å². The van der Waals surface area contributed by atoms with Crippen molar-refractivity contribution in [1.82, 2.24) is 0 Å². The molecule has 2 aromatic carbocycles. The second-order valence-corrected chi connectivity index (χ2v) is 11.7. The van der Waals surface area contributed by atoms with Gasteiger partial charge in [0.2, 0.25) is 5.91 Å². The second kappa shape index (κ2) is 13.1. The average Bonchev–Trinajstić information content (AvgIpc) is 3.07. The van der Waals surface area contributed by atoms with Crippen molar-refractivity contribution in [1.29, 1.82) is 0 Å². The van der Waals surface area contributed by atoms with E-state index in [4.69, 9.17) is 4.74 Å². The molecule has 2 amide bonds. The van der Waals surface area contributed by atoms with Gasteiger partial charge in [-0.15, -0.1) is 23.1 Å². The molecular formula is C30H34N2O4S2. The maximum atomic E-state index is 13.4. The first-order chi connectivity index (χ1) is 18.4. The third kappa shape index (κ3) is 6.85. The number of amides is 2. The summed E-state index contributed by atoms with van der Waals surface area (Å²) >= 11 is 2.95. The first kappa shape index (κ1) is 27.9. The minimum atomic E-state index is -0.366. The number of esters is 1.